The van der Waals surface area contributed by atoms with Gasteiger partial charge in [0.15, 0.2) is 0 Å². The predicted molar refractivity (Wildman–Crippen MR) is 235 cm³/mol. The number of para-hydroxylation sites is 2. The second kappa shape index (κ2) is 11.7. The van der Waals surface area contributed by atoms with Gasteiger partial charge in [0.05, 0.1) is 11.4 Å². The van der Waals surface area contributed by atoms with Crippen LogP contribution in [0.4, 0.5) is 34.1 Å². The van der Waals surface area contributed by atoms with Crippen molar-refractivity contribution in [3.05, 3.63) is 125 Å². The molecule has 55 heavy (non-hydrogen) atoms. The third-order valence-electron chi connectivity index (χ3n) is 11.8. The summed E-state index contributed by atoms with van der Waals surface area (Å²) in [5.74, 6) is 0. The number of benzene rings is 5. The standard InChI is InChI=1S/C50H53BN2O2/c1-47(2,3)30-26-34-41-45(54-43(34)36(28-30)49(7,8)9)51-40-38(52(41)32-20-15-13-16-21-32)24-19-25-39(40)53(33-22-17-14-18-23-33)42-35-27-31(48(4,5)6)29-37(50(10,11)12)44(35)55-46(42)51/h13-29H,1-12H3. The maximum absolute atomic E-state index is 7.47. The van der Waals surface area contributed by atoms with E-state index in [0.29, 0.717) is 0 Å². The molecule has 4 heterocycles. The van der Waals surface area contributed by atoms with E-state index in [1.54, 1.807) is 0 Å². The average Bonchev–Trinajstić information content (AvgIpc) is 3.69. The van der Waals surface area contributed by atoms with Gasteiger partial charge < -0.3 is 18.6 Å². The number of hydrogen-bond donors (Lipinski definition) is 0. The first-order valence-electron chi connectivity index (χ1n) is 19.9. The lowest BCUT2D eigenvalue weighted by Gasteiger charge is -2.40. The van der Waals surface area contributed by atoms with Crippen LogP contribution >= 0.6 is 0 Å². The molecule has 0 atom stereocenters. The summed E-state index contributed by atoms with van der Waals surface area (Å²) in [5.41, 5.74) is 16.2. The quantitative estimate of drug-likeness (QED) is 0.166. The van der Waals surface area contributed by atoms with Crippen LogP contribution in [0.25, 0.3) is 21.9 Å². The number of anilines is 6. The summed E-state index contributed by atoms with van der Waals surface area (Å²) >= 11 is 0. The Morgan fingerprint density at radius 2 is 0.818 bits per heavy atom. The van der Waals surface area contributed by atoms with Crippen molar-refractivity contribution >= 4 is 79.6 Å². The fraction of sp³-hybridized carbons (Fsp3) is 0.320. The molecule has 5 aromatic carbocycles. The van der Waals surface area contributed by atoms with E-state index in [1.807, 2.05) is 0 Å². The van der Waals surface area contributed by atoms with E-state index in [2.05, 4.69) is 196 Å². The zero-order chi connectivity index (χ0) is 39.0. The number of rotatable bonds is 2. The zero-order valence-corrected chi connectivity index (χ0v) is 34.6. The van der Waals surface area contributed by atoms with Crippen LogP contribution in [0.3, 0.4) is 0 Å². The Morgan fingerprint density at radius 3 is 1.16 bits per heavy atom. The van der Waals surface area contributed by atoms with Gasteiger partial charge in [0.2, 0.25) is 0 Å². The van der Waals surface area contributed by atoms with Gasteiger partial charge in [-0.2, -0.15) is 0 Å². The molecular weight excluding hydrogens is 671 g/mol. The molecular formula is C50H53BN2O2. The van der Waals surface area contributed by atoms with Gasteiger partial charge in [0, 0.05) is 44.6 Å². The molecule has 0 unspecified atom stereocenters. The van der Waals surface area contributed by atoms with Crippen molar-refractivity contribution in [2.75, 3.05) is 9.80 Å². The van der Waals surface area contributed by atoms with Gasteiger partial charge >= 0.3 is 6.71 Å². The lowest BCUT2D eigenvalue weighted by molar-refractivity contribution is 0.555. The summed E-state index contributed by atoms with van der Waals surface area (Å²) in [6.45, 7) is 27.4. The van der Waals surface area contributed by atoms with Crippen LogP contribution < -0.4 is 26.6 Å². The Bertz CT molecular complexity index is 2460. The van der Waals surface area contributed by atoms with Crippen LogP contribution in [0.5, 0.6) is 0 Å². The molecule has 278 valence electrons. The van der Waals surface area contributed by atoms with Crippen molar-refractivity contribution in [3.8, 4) is 0 Å². The lowest BCUT2D eigenvalue weighted by atomic mass is 9.37. The third-order valence-corrected chi connectivity index (χ3v) is 11.8. The van der Waals surface area contributed by atoms with Crippen molar-refractivity contribution in [1.82, 2.24) is 0 Å². The van der Waals surface area contributed by atoms with E-state index < -0.39 is 0 Å². The van der Waals surface area contributed by atoms with E-state index >= 15 is 0 Å². The number of furan rings is 2. The van der Waals surface area contributed by atoms with Crippen LogP contribution in [-0.2, 0) is 21.7 Å². The van der Waals surface area contributed by atoms with Crippen molar-refractivity contribution in [2.24, 2.45) is 0 Å². The normalized spacial score (nSPS) is 14.4. The highest BCUT2D eigenvalue weighted by molar-refractivity contribution is 6.99. The molecule has 2 aromatic heterocycles. The summed E-state index contributed by atoms with van der Waals surface area (Å²) < 4.78 is 14.9. The second-order valence-corrected chi connectivity index (χ2v) is 19.9. The van der Waals surface area contributed by atoms with Gasteiger partial charge in [-0.15, -0.1) is 0 Å². The minimum absolute atomic E-state index is 0.0588. The van der Waals surface area contributed by atoms with Crippen LogP contribution in [0.1, 0.15) is 105 Å². The Kier molecular flexibility index (Phi) is 7.55. The SMILES string of the molecule is CC(C)(C)c1cc(C(C)(C)C)c2oc3c(c2c1)N(c1ccccc1)c1cccc2c1B3c1oc3c(C(C)(C)C)cc(C(C)(C)C)cc3c1N2c1ccccc1. The fourth-order valence-electron chi connectivity index (χ4n) is 8.78. The smallest absolute Gasteiger partial charge is 0.342 e. The van der Waals surface area contributed by atoms with Gasteiger partial charge in [0.25, 0.3) is 0 Å². The van der Waals surface area contributed by atoms with Crippen molar-refractivity contribution in [1.29, 1.82) is 0 Å². The molecule has 0 amide bonds. The molecule has 0 bridgehead atoms. The van der Waals surface area contributed by atoms with Gasteiger partial charge in [-0.3, -0.25) is 0 Å². The highest BCUT2D eigenvalue weighted by Crippen LogP contribution is 2.51. The first-order chi connectivity index (χ1) is 25.8. The van der Waals surface area contributed by atoms with E-state index in [1.165, 1.54) is 27.7 Å². The lowest BCUT2D eigenvalue weighted by Crippen LogP contribution is -2.60. The molecule has 0 radical (unpaired) electrons. The first kappa shape index (κ1) is 35.5. The Hall–Kier alpha value is -5.16. The fourth-order valence-corrected chi connectivity index (χ4v) is 8.78. The molecule has 0 saturated heterocycles. The molecule has 7 aromatic rings. The summed E-state index contributed by atoms with van der Waals surface area (Å²) in [4.78, 5) is 4.90. The molecule has 0 saturated carbocycles. The average molecular weight is 725 g/mol. The van der Waals surface area contributed by atoms with Crippen molar-refractivity contribution in [2.45, 2.75) is 105 Å². The Labute approximate surface area is 327 Å². The van der Waals surface area contributed by atoms with Crippen molar-refractivity contribution < 1.29 is 8.83 Å². The number of nitrogens with zero attached hydrogens (tertiary/aromatic N) is 2. The van der Waals surface area contributed by atoms with Crippen LogP contribution in [-0.4, -0.2) is 6.71 Å². The minimum Gasteiger partial charge on any atom is -0.468 e. The minimum atomic E-state index is -0.271. The van der Waals surface area contributed by atoms with E-state index in [-0.39, 0.29) is 28.4 Å². The summed E-state index contributed by atoms with van der Waals surface area (Å²) in [7, 11) is 0. The van der Waals surface area contributed by atoms with E-state index in [0.717, 1.165) is 67.4 Å². The second-order valence-electron chi connectivity index (χ2n) is 19.9. The van der Waals surface area contributed by atoms with Crippen LogP contribution in [0.15, 0.2) is 112 Å². The first-order valence-corrected chi connectivity index (χ1v) is 19.9. The molecule has 5 heteroatoms. The molecule has 9 rings (SSSR count). The Balaban J connectivity index is 1.48. The van der Waals surface area contributed by atoms with E-state index in [9.17, 15) is 0 Å². The van der Waals surface area contributed by atoms with Gasteiger partial charge in [-0.25, -0.2) is 0 Å². The topological polar surface area (TPSA) is 32.8 Å². The summed E-state index contributed by atoms with van der Waals surface area (Å²) in [5, 5.41) is 2.28. The number of hydrogen-bond acceptors (Lipinski definition) is 4. The molecule has 0 aliphatic carbocycles. The molecule has 0 spiro atoms. The highest BCUT2D eigenvalue weighted by atomic mass is 16.3. The van der Waals surface area contributed by atoms with Crippen LogP contribution in [0, 0.1) is 0 Å². The molecule has 4 nitrogen and oxygen atoms in total. The van der Waals surface area contributed by atoms with Gasteiger partial charge in [-0.1, -0.05) is 138 Å². The monoisotopic (exact) mass is 724 g/mol. The van der Waals surface area contributed by atoms with E-state index in [4.69, 9.17) is 8.83 Å². The molecule has 2 aliphatic heterocycles. The summed E-state index contributed by atoms with van der Waals surface area (Å²) in [6.07, 6.45) is 0. The Morgan fingerprint density at radius 1 is 0.436 bits per heavy atom. The maximum Gasteiger partial charge on any atom is 0.342 e. The molecule has 2 aliphatic rings. The summed E-state index contributed by atoms with van der Waals surface area (Å²) in [6, 6.07) is 37.9. The van der Waals surface area contributed by atoms with Crippen molar-refractivity contribution in [3.63, 3.8) is 0 Å². The highest BCUT2D eigenvalue weighted by Gasteiger charge is 2.50. The zero-order valence-electron chi connectivity index (χ0n) is 34.6. The third kappa shape index (κ3) is 5.40. The molecule has 0 fully saturated rings. The number of fused-ring (bicyclic) bond motifs is 8. The van der Waals surface area contributed by atoms with Gasteiger partial charge in [0.1, 0.15) is 22.5 Å². The maximum atomic E-state index is 7.47. The predicted octanol–water partition coefficient (Wildman–Crippen LogP) is 12.5. The van der Waals surface area contributed by atoms with Crippen LogP contribution in [0.2, 0.25) is 0 Å². The molecule has 0 N–H and O–H groups in total. The largest absolute Gasteiger partial charge is 0.468 e. The van der Waals surface area contributed by atoms with Gasteiger partial charge in [-0.05, 0) is 86.8 Å².